The monoisotopic (exact) mass is 319 g/mol. The molecule has 1 aliphatic rings. The molecule has 22 heavy (non-hydrogen) atoms. The topological polar surface area (TPSA) is 97.4 Å². The maximum absolute atomic E-state index is 12.4. The van der Waals surface area contributed by atoms with E-state index in [2.05, 4.69) is 15.0 Å². The second-order valence-corrected chi connectivity index (χ2v) is 6.42. The number of anilines is 2. The lowest BCUT2D eigenvalue weighted by Gasteiger charge is -2.09. The molecule has 114 valence electrons. The number of hydrogen-bond acceptors (Lipinski definition) is 5. The molecule has 0 aliphatic carbocycles. The van der Waals surface area contributed by atoms with Gasteiger partial charge >= 0.3 is 0 Å². The van der Waals surface area contributed by atoms with Gasteiger partial charge in [-0.25, -0.2) is 13.4 Å². The Kier molecular flexibility index (Phi) is 3.45. The van der Waals surface area contributed by atoms with Crippen molar-refractivity contribution in [2.24, 2.45) is 0 Å². The van der Waals surface area contributed by atoms with E-state index in [-0.39, 0.29) is 17.2 Å². The zero-order chi connectivity index (χ0) is 15.7. The Balaban J connectivity index is 1.86. The Bertz CT molecular complexity index is 832. The van der Waals surface area contributed by atoms with Crippen molar-refractivity contribution < 1.29 is 17.9 Å². The second kappa shape index (κ2) is 5.30. The van der Waals surface area contributed by atoms with Gasteiger partial charge in [0.15, 0.2) is 0 Å². The van der Waals surface area contributed by atoms with E-state index in [4.69, 9.17) is 4.74 Å². The van der Waals surface area contributed by atoms with Crippen LogP contribution in [0.2, 0.25) is 0 Å². The zero-order valence-corrected chi connectivity index (χ0v) is 12.5. The average molecular weight is 319 g/mol. The third kappa shape index (κ3) is 2.73. The van der Waals surface area contributed by atoms with Crippen molar-refractivity contribution in [3.05, 3.63) is 42.1 Å². The van der Waals surface area contributed by atoms with Crippen LogP contribution in [-0.4, -0.2) is 26.4 Å². The first-order chi connectivity index (χ1) is 10.5. The Morgan fingerprint density at radius 1 is 1.27 bits per heavy atom. The lowest BCUT2D eigenvalue weighted by Crippen LogP contribution is -2.13. The number of nitrogens with zero attached hydrogens (tertiary/aromatic N) is 1. The van der Waals surface area contributed by atoms with E-state index in [1.54, 1.807) is 18.2 Å². The molecule has 1 aromatic heterocycles. The number of ether oxygens (including phenoxy) is 1. The van der Waals surface area contributed by atoms with Crippen LogP contribution in [-0.2, 0) is 21.2 Å². The van der Waals surface area contributed by atoms with Crippen molar-refractivity contribution in [3.63, 3.8) is 0 Å². The predicted octanol–water partition coefficient (Wildman–Crippen LogP) is 1.39. The van der Waals surface area contributed by atoms with Gasteiger partial charge in [0.2, 0.25) is 11.8 Å². The molecule has 0 unspecified atom stereocenters. The van der Waals surface area contributed by atoms with Crippen molar-refractivity contribution in [1.29, 1.82) is 0 Å². The van der Waals surface area contributed by atoms with Gasteiger partial charge in [0.25, 0.3) is 10.0 Å². The first-order valence-electron chi connectivity index (χ1n) is 6.43. The summed E-state index contributed by atoms with van der Waals surface area (Å²) in [7, 11) is -2.26. The van der Waals surface area contributed by atoms with Gasteiger partial charge in [0.05, 0.1) is 30.3 Å². The number of benzene rings is 1. The van der Waals surface area contributed by atoms with Crippen LogP contribution in [0.25, 0.3) is 0 Å². The van der Waals surface area contributed by atoms with Gasteiger partial charge in [-0.2, -0.15) is 0 Å². The number of nitrogens with one attached hydrogen (secondary N) is 2. The van der Waals surface area contributed by atoms with Crippen LogP contribution in [0.15, 0.2) is 41.4 Å². The molecule has 8 heteroatoms. The lowest BCUT2D eigenvalue weighted by atomic mass is 10.2. The zero-order valence-electron chi connectivity index (χ0n) is 11.7. The van der Waals surface area contributed by atoms with Gasteiger partial charge < -0.3 is 10.1 Å². The Morgan fingerprint density at radius 3 is 2.77 bits per heavy atom. The lowest BCUT2D eigenvalue weighted by molar-refractivity contribution is -0.115. The molecule has 7 nitrogen and oxygen atoms in total. The van der Waals surface area contributed by atoms with Crippen molar-refractivity contribution in [2.75, 3.05) is 17.1 Å². The minimum Gasteiger partial charge on any atom is -0.481 e. The minimum atomic E-state index is -3.74. The third-order valence-electron chi connectivity index (χ3n) is 3.21. The Labute approximate surface area is 127 Å². The Morgan fingerprint density at radius 2 is 2.09 bits per heavy atom. The number of aromatic nitrogens is 1. The highest BCUT2D eigenvalue weighted by Crippen LogP contribution is 2.26. The van der Waals surface area contributed by atoms with Gasteiger partial charge in [-0.05, 0) is 29.8 Å². The summed E-state index contributed by atoms with van der Waals surface area (Å²) in [5.41, 5.74) is 1.64. The summed E-state index contributed by atoms with van der Waals surface area (Å²) in [6, 6.07) is 7.64. The molecule has 0 spiro atoms. The quantitative estimate of drug-likeness (QED) is 0.887. The molecule has 1 amide bonds. The van der Waals surface area contributed by atoms with E-state index in [9.17, 15) is 13.2 Å². The molecule has 0 fully saturated rings. The molecular weight excluding hydrogens is 306 g/mol. The molecule has 1 aromatic carbocycles. The number of amides is 1. The van der Waals surface area contributed by atoms with E-state index in [0.29, 0.717) is 22.8 Å². The van der Waals surface area contributed by atoms with Gasteiger partial charge in [-0.1, -0.05) is 0 Å². The van der Waals surface area contributed by atoms with Crippen LogP contribution in [0.4, 0.5) is 11.4 Å². The highest BCUT2D eigenvalue weighted by atomic mass is 32.2. The summed E-state index contributed by atoms with van der Waals surface area (Å²) in [6.07, 6.45) is 1.55. The number of carbonyl (C=O) groups excluding carboxylic acids is 1. The molecule has 2 aromatic rings. The molecule has 1 aliphatic heterocycles. The number of hydrogen-bond donors (Lipinski definition) is 2. The van der Waals surface area contributed by atoms with Crippen molar-refractivity contribution in [2.45, 2.75) is 11.3 Å². The van der Waals surface area contributed by atoms with Crippen molar-refractivity contribution in [1.82, 2.24) is 4.98 Å². The maximum atomic E-state index is 12.4. The summed E-state index contributed by atoms with van der Waals surface area (Å²) in [6.45, 7) is 0. The fraction of sp³-hybridized carbons (Fsp3) is 0.143. The van der Waals surface area contributed by atoms with Gasteiger partial charge in [-0.15, -0.1) is 0 Å². The van der Waals surface area contributed by atoms with Gasteiger partial charge in [-0.3, -0.25) is 9.52 Å². The molecular formula is C14H13N3O4S. The third-order valence-corrected chi connectivity index (χ3v) is 4.59. The molecule has 3 rings (SSSR count). The predicted molar refractivity (Wildman–Crippen MR) is 80.4 cm³/mol. The minimum absolute atomic E-state index is 0.0959. The summed E-state index contributed by atoms with van der Waals surface area (Å²) in [5.74, 6) is 0.252. The SMILES string of the molecule is COc1ccc(NS(=O)(=O)c2ccc3c(c2)CC(=O)N3)cn1. The van der Waals surface area contributed by atoms with Crippen LogP contribution < -0.4 is 14.8 Å². The first-order valence-corrected chi connectivity index (χ1v) is 7.92. The standard InChI is InChI=1S/C14H13N3O4S/c1-21-14-5-2-10(8-15-14)17-22(19,20)11-3-4-12-9(6-11)7-13(18)16-12/h2-6,8,17H,7H2,1H3,(H,16,18). The summed E-state index contributed by atoms with van der Waals surface area (Å²) >= 11 is 0. The number of rotatable bonds is 4. The molecule has 0 bridgehead atoms. The number of carbonyl (C=O) groups is 1. The van der Waals surface area contributed by atoms with Crippen LogP contribution >= 0.6 is 0 Å². The molecule has 0 atom stereocenters. The fourth-order valence-corrected chi connectivity index (χ4v) is 3.24. The number of methoxy groups -OCH3 is 1. The smallest absolute Gasteiger partial charge is 0.261 e. The van der Waals surface area contributed by atoms with E-state index < -0.39 is 10.0 Å². The van der Waals surface area contributed by atoms with E-state index in [1.165, 1.54) is 25.4 Å². The van der Waals surface area contributed by atoms with Crippen LogP contribution in [0.5, 0.6) is 5.88 Å². The Hall–Kier alpha value is -2.61. The number of sulfonamides is 1. The van der Waals surface area contributed by atoms with E-state index in [1.807, 2.05) is 0 Å². The normalized spacial score (nSPS) is 13.4. The first kappa shape index (κ1) is 14.3. The highest BCUT2D eigenvalue weighted by molar-refractivity contribution is 7.92. The molecule has 0 saturated heterocycles. The molecule has 0 radical (unpaired) electrons. The van der Waals surface area contributed by atoms with E-state index >= 15 is 0 Å². The number of pyridine rings is 1. The highest BCUT2D eigenvalue weighted by Gasteiger charge is 2.21. The maximum Gasteiger partial charge on any atom is 0.261 e. The van der Waals surface area contributed by atoms with Crippen LogP contribution in [0.1, 0.15) is 5.56 Å². The average Bonchev–Trinajstić information content (AvgIpc) is 2.86. The number of fused-ring (bicyclic) bond motifs is 1. The van der Waals surface area contributed by atoms with Crippen LogP contribution in [0, 0.1) is 0 Å². The molecule has 0 saturated carbocycles. The fourth-order valence-electron chi connectivity index (χ4n) is 2.15. The molecule has 2 heterocycles. The van der Waals surface area contributed by atoms with E-state index in [0.717, 1.165) is 0 Å². The second-order valence-electron chi connectivity index (χ2n) is 4.74. The summed E-state index contributed by atoms with van der Waals surface area (Å²) in [5, 5.41) is 2.66. The van der Waals surface area contributed by atoms with Crippen molar-refractivity contribution in [3.8, 4) is 5.88 Å². The summed E-state index contributed by atoms with van der Waals surface area (Å²) in [4.78, 5) is 15.4. The van der Waals surface area contributed by atoms with Crippen molar-refractivity contribution >= 4 is 27.3 Å². The molecule has 2 N–H and O–H groups in total. The van der Waals surface area contributed by atoms with Gasteiger partial charge in [0.1, 0.15) is 0 Å². The largest absolute Gasteiger partial charge is 0.481 e. The summed E-state index contributed by atoms with van der Waals surface area (Å²) < 4.78 is 32.1. The van der Waals surface area contributed by atoms with Crippen LogP contribution in [0.3, 0.4) is 0 Å². The van der Waals surface area contributed by atoms with Gasteiger partial charge in [0, 0.05) is 11.8 Å².